The van der Waals surface area contributed by atoms with Crippen LogP contribution in [0.25, 0.3) is 0 Å². The van der Waals surface area contributed by atoms with Crippen LogP contribution in [0.1, 0.15) is 53.4 Å². The molecule has 0 aliphatic heterocycles. The first kappa shape index (κ1) is 21.4. The molecule has 0 radical (unpaired) electrons. The van der Waals surface area contributed by atoms with E-state index in [1.807, 2.05) is 19.1 Å². The van der Waals surface area contributed by atoms with Crippen molar-refractivity contribution in [3.63, 3.8) is 0 Å². The molecule has 2 atom stereocenters. The number of anilines is 2. The predicted octanol–water partition coefficient (Wildman–Crippen LogP) is 3.36. The van der Waals surface area contributed by atoms with Gasteiger partial charge in [-0.1, -0.05) is 28.7 Å². The zero-order valence-electron chi connectivity index (χ0n) is 17.3. The molecule has 3 aromatic rings. The maximum atomic E-state index is 12.3. The van der Waals surface area contributed by atoms with Gasteiger partial charge in [0.2, 0.25) is 22.1 Å². The third-order valence-electron chi connectivity index (χ3n) is 5.13. The molecule has 162 valence electrons. The standard InChI is InChI=1S/C20H23N7O2S2/c1-11-3-4-14(10-21-11)8-16(29)23-20-26-24-17(30-20)9-13-5-6-15(7-13)18-25-27-19(31-18)22-12(2)28/h3-4,10,13,15H,5-9H2,1-2H3,(H,22,27,28)(H,23,26,29)/t13-,15+/m0/s1. The Morgan fingerprint density at radius 3 is 2.65 bits per heavy atom. The van der Waals surface area contributed by atoms with Crippen LogP contribution >= 0.6 is 22.7 Å². The summed E-state index contributed by atoms with van der Waals surface area (Å²) in [5.74, 6) is 0.593. The fourth-order valence-electron chi connectivity index (χ4n) is 3.67. The van der Waals surface area contributed by atoms with Crippen molar-refractivity contribution in [1.29, 1.82) is 0 Å². The second-order valence-electron chi connectivity index (χ2n) is 7.74. The highest BCUT2D eigenvalue weighted by Crippen LogP contribution is 2.41. The summed E-state index contributed by atoms with van der Waals surface area (Å²) in [4.78, 5) is 27.6. The largest absolute Gasteiger partial charge is 0.301 e. The summed E-state index contributed by atoms with van der Waals surface area (Å²) >= 11 is 2.87. The monoisotopic (exact) mass is 457 g/mol. The molecule has 2 N–H and O–H groups in total. The fraction of sp³-hybridized carbons (Fsp3) is 0.450. The molecule has 2 amide bonds. The van der Waals surface area contributed by atoms with Gasteiger partial charge in [-0.05, 0) is 43.7 Å². The molecule has 0 saturated heterocycles. The average Bonchev–Trinajstić information content (AvgIpc) is 3.45. The first-order valence-corrected chi connectivity index (χ1v) is 11.7. The van der Waals surface area contributed by atoms with Crippen LogP contribution in [0.3, 0.4) is 0 Å². The Morgan fingerprint density at radius 1 is 1.06 bits per heavy atom. The summed E-state index contributed by atoms with van der Waals surface area (Å²) < 4.78 is 0. The zero-order chi connectivity index (χ0) is 21.8. The molecule has 1 aliphatic rings. The quantitative estimate of drug-likeness (QED) is 0.558. The number of carbonyl (C=O) groups excluding carboxylic acids is 2. The Balaban J connectivity index is 1.27. The number of hydrogen-bond donors (Lipinski definition) is 2. The van der Waals surface area contributed by atoms with Crippen molar-refractivity contribution in [2.45, 2.75) is 51.9 Å². The maximum Gasteiger partial charge on any atom is 0.230 e. The Hall–Kier alpha value is -2.79. The van der Waals surface area contributed by atoms with E-state index < -0.39 is 0 Å². The van der Waals surface area contributed by atoms with Crippen LogP contribution in [0.5, 0.6) is 0 Å². The third kappa shape index (κ3) is 5.88. The van der Waals surface area contributed by atoms with Crippen molar-refractivity contribution in [3.05, 3.63) is 39.6 Å². The summed E-state index contributed by atoms with van der Waals surface area (Å²) in [7, 11) is 0. The molecule has 3 aromatic heterocycles. The lowest BCUT2D eigenvalue weighted by molar-refractivity contribution is -0.116. The number of pyridine rings is 1. The van der Waals surface area contributed by atoms with Gasteiger partial charge in [-0.15, -0.1) is 20.4 Å². The average molecular weight is 458 g/mol. The van der Waals surface area contributed by atoms with E-state index in [1.54, 1.807) is 6.20 Å². The molecule has 0 bridgehead atoms. The molecule has 9 nitrogen and oxygen atoms in total. The first-order valence-electron chi connectivity index (χ1n) is 10.1. The van der Waals surface area contributed by atoms with Crippen LogP contribution in [-0.2, 0) is 22.4 Å². The van der Waals surface area contributed by atoms with Gasteiger partial charge in [0.1, 0.15) is 10.0 Å². The van der Waals surface area contributed by atoms with E-state index >= 15 is 0 Å². The van der Waals surface area contributed by atoms with E-state index in [-0.39, 0.29) is 18.2 Å². The highest BCUT2D eigenvalue weighted by molar-refractivity contribution is 7.15. The summed E-state index contributed by atoms with van der Waals surface area (Å²) in [6, 6.07) is 3.80. The molecule has 4 rings (SSSR count). The number of aryl methyl sites for hydroxylation is 1. The molecule has 3 heterocycles. The smallest absolute Gasteiger partial charge is 0.230 e. The lowest BCUT2D eigenvalue weighted by atomic mass is 10.0. The highest BCUT2D eigenvalue weighted by atomic mass is 32.1. The number of nitrogens with one attached hydrogen (secondary N) is 2. The second kappa shape index (κ2) is 9.56. The first-order chi connectivity index (χ1) is 14.9. The van der Waals surface area contributed by atoms with Crippen molar-refractivity contribution in [2.75, 3.05) is 10.6 Å². The zero-order valence-corrected chi connectivity index (χ0v) is 18.9. The van der Waals surface area contributed by atoms with Crippen molar-refractivity contribution in [3.8, 4) is 0 Å². The van der Waals surface area contributed by atoms with Crippen molar-refractivity contribution < 1.29 is 9.59 Å². The minimum absolute atomic E-state index is 0.125. The normalized spacial score (nSPS) is 18.1. The summed E-state index contributed by atoms with van der Waals surface area (Å²) in [6.07, 6.45) is 5.95. The summed E-state index contributed by atoms with van der Waals surface area (Å²) in [5, 5.41) is 25.2. The molecule has 11 heteroatoms. The topological polar surface area (TPSA) is 123 Å². The molecular weight excluding hydrogens is 434 g/mol. The Labute approximate surface area is 187 Å². The lowest BCUT2D eigenvalue weighted by Gasteiger charge is -2.06. The lowest BCUT2D eigenvalue weighted by Crippen LogP contribution is -2.14. The minimum Gasteiger partial charge on any atom is -0.301 e. The predicted molar refractivity (Wildman–Crippen MR) is 119 cm³/mol. The number of nitrogens with zero attached hydrogens (tertiary/aromatic N) is 5. The highest BCUT2D eigenvalue weighted by Gasteiger charge is 2.29. The Bertz CT molecular complexity index is 1060. The maximum absolute atomic E-state index is 12.3. The third-order valence-corrected chi connectivity index (χ3v) is 6.99. The van der Waals surface area contributed by atoms with Crippen molar-refractivity contribution >= 4 is 44.8 Å². The molecule has 1 aliphatic carbocycles. The second-order valence-corrected chi connectivity index (χ2v) is 9.81. The van der Waals surface area contributed by atoms with E-state index in [4.69, 9.17) is 0 Å². The molecule has 1 fully saturated rings. The van der Waals surface area contributed by atoms with E-state index in [0.29, 0.717) is 22.1 Å². The number of carbonyl (C=O) groups is 2. The van der Waals surface area contributed by atoms with Gasteiger partial charge >= 0.3 is 0 Å². The van der Waals surface area contributed by atoms with Gasteiger partial charge in [0.15, 0.2) is 0 Å². The Morgan fingerprint density at radius 2 is 1.87 bits per heavy atom. The minimum atomic E-state index is -0.137. The SMILES string of the molecule is CC(=O)Nc1nnc([C@@H]2CC[C@H](Cc3nnc(NC(=O)Cc4ccc(C)nc4)s3)C2)s1. The Kier molecular flexibility index (Phi) is 6.62. The van der Waals surface area contributed by atoms with Gasteiger partial charge in [0.05, 0.1) is 6.42 Å². The van der Waals surface area contributed by atoms with Gasteiger partial charge in [-0.25, -0.2) is 0 Å². The van der Waals surface area contributed by atoms with E-state index in [1.165, 1.54) is 29.6 Å². The summed E-state index contributed by atoms with van der Waals surface area (Å²) in [5.41, 5.74) is 1.79. The van der Waals surface area contributed by atoms with E-state index in [9.17, 15) is 9.59 Å². The van der Waals surface area contributed by atoms with Crippen molar-refractivity contribution in [2.24, 2.45) is 5.92 Å². The van der Waals surface area contributed by atoms with Crippen LogP contribution in [0, 0.1) is 12.8 Å². The van der Waals surface area contributed by atoms with Gasteiger partial charge in [-0.2, -0.15) is 0 Å². The van der Waals surface area contributed by atoms with Gasteiger partial charge in [0, 0.05) is 31.2 Å². The fourth-order valence-corrected chi connectivity index (χ4v) is 5.48. The van der Waals surface area contributed by atoms with Gasteiger partial charge in [-0.3, -0.25) is 14.6 Å². The molecule has 0 aromatic carbocycles. The number of amides is 2. The van der Waals surface area contributed by atoms with Crippen LogP contribution in [0.4, 0.5) is 10.3 Å². The van der Waals surface area contributed by atoms with Gasteiger partial charge < -0.3 is 10.6 Å². The van der Waals surface area contributed by atoms with E-state index in [2.05, 4.69) is 36.0 Å². The molecule has 0 spiro atoms. The number of rotatable bonds is 7. The number of aromatic nitrogens is 5. The molecule has 1 saturated carbocycles. The van der Waals surface area contributed by atoms with Gasteiger partial charge in [0.25, 0.3) is 0 Å². The number of hydrogen-bond acceptors (Lipinski definition) is 9. The van der Waals surface area contributed by atoms with E-state index in [0.717, 1.165) is 47.0 Å². The van der Waals surface area contributed by atoms with Crippen LogP contribution in [0.2, 0.25) is 0 Å². The van der Waals surface area contributed by atoms with Crippen LogP contribution in [-0.4, -0.2) is 37.2 Å². The molecule has 31 heavy (non-hydrogen) atoms. The molecular formula is C20H23N7O2S2. The van der Waals surface area contributed by atoms with Crippen molar-refractivity contribution in [1.82, 2.24) is 25.4 Å². The molecule has 0 unspecified atom stereocenters. The van der Waals surface area contributed by atoms with Crippen LogP contribution in [0.15, 0.2) is 18.3 Å². The summed E-state index contributed by atoms with van der Waals surface area (Å²) in [6.45, 7) is 3.38. The van der Waals surface area contributed by atoms with Crippen LogP contribution < -0.4 is 10.6 Å².